The summed E-state index contributed by atoms with van der Waals surface area (Å²) in [5, 5.41) is 3.08. The van der Waals surface area contributed by atoms with Crippen molar-refractivity contribution in [1.82, 2.24) is 5.32 Å². The van der Waals surface area contributed by atoms with E-state index in [9.17, 15) is 4.79 Å². The molecule has 0 aliphatic carbocycles. The normalized spacial score (nSPS) is 29.5. The molecule has 0 aromatic rings. The Kier molecular flexibility index (Phi) is 4.07. The van der Waals surface area contributed by atoms with Crippen LogP contribution in [-0.2, 0) is 4.79 Å². The molecule has 1 aliphatic heterocycles. The van der Waals surface area contributed by atoms with Gasteiger partial charge >= 0.3 is 0 Å². The predicted molar refractivity (Wildman–Crippen MR) is 43.0 cm³/mol. The highest BCUT2D eigenvalue weighted by atomic mass is 16.1. The lowest BCUT2D eigenvalue weighted by molar-refractivity contribution is -0.120. The topological polar surface area (TPSA) is 86.6 Å². The summed E-state index contributed by atoms with van der Waals surface area (Å²) in [6.07, 6.45) is 2.13. The highest BCUT2D eigenvalue weighted by Crippen LogP contribution is 2.17. The summed E-state index contributed by atoms with van der Waals surface area (Å²) in [5.41, 5.74) is 5.16. The molecular formula is C7H16N2O2. The van der Waals surface area contributed by atoms with Crippen LogP contribution in [0.15, 0.2) is 0 Å². The average Bonchev–Trinajstić information content (AvgIpc) is 2.33. The van der Waals surface area contributed by atoms with E-state index in [1.165, 1.54) is 0 Å². The molecule has 2 atom stereocenters. The lowest BCUT2D eigenvalue weighted by Gasteiger charge is -2.12. The van der Waals surface area contributed by atoms with E-state index in [4.69, 9.17) is 5.73 Å². The number of nitrogens with two attached hydrogens (primary N) is 1. The molecular weight excluding hydrogens is 144 g/mol. The molecule has 0 radical (unpaired) electrons. The van der Waals surface area contributed by atoms with Crippen molar-refractivity contribution in [3.05, 3.63) is 0 Å². The van der Waals surface area contributed by atoms with Gasteiger partial charge in [-0.2, -0.15) is 0 Å². The standard InChI is InChI=1S/C7H14N2O.H2O/c1-2-5-3-4-9-6(5)7(8)10;/h5-6,9H,2-4H2,1H3,(H2,8,10);1H2/t5-,6-;/m1./s1. The summed E-state index contributed by atoms with van der Waals surface area (Å²) in [5.74, 6) is 0.266. The first-order chi connectivity index (χ1) is 4.75. The summed E-state index contributed by atoms with van der Waals surface area (Å²) >= 11 is 0. The zero-order chi connectivity index (χ0) is 7.56. The molecule has 4 nitrogen and oxygen atoms in total. The van der Waals surface area contributed by atoms with Crippen molar-refractivity contribution >= 4 is 5.91 Å². The SMILES string of the molecule is CC[C@@H]1CCN[C@H]1C(N)=O.O. The van der Waals surface area contributed by atoms with Crippen LogP contribution in [0.4, 0.5) is 0 Å². The third-order valence-electron chi connectivity index (χ3n) is 2.18. The second-order valence-corrected chi connectivity index (χ2v) is 2.79. The zero-order valence-corrected chi connectivity index (χ0v) is 6.76. The minimum Gasteiger partial charge on any atom is -0.412 e. The third-order valence-corrected chi connectivity index (χ3v) is 2.18. The van der Waals surface area contributed by atoms with E-state index < -0.39 is 0 Å². The van der Waals surface area contributed by atoms with Crippen molar-refractivity contribution < 1.29 is 10.3 Å². The molecule has 0 aromatic heterocycles. The fourth-order valence-electron chi connectivity index (χ4n) is 1.53. The lowest BCUT2D eigenvalue weighted by atomic mass is 9.98. The van der Waals surface area contributed by atoms with Gasteiger partial charge < -0.3 is 16.5 Å². The maximum atomic E-state index is 10.7. The van der Waals surface area contributed by atoms with Gasteiger partial charge in [0, 0.05) is 0 Å². The van der Waals surface area contributed by atoms with Crippen LogP contribution < -0.4 is 11.1 Å². The Morgan fingerprint density at radius 3 is 2.73 bits per heavy atom. The molecule has 1 saturated heterocycles. The number of amides is 1. The van der Waals surface area contributed by atoms with Crippen LogP contribution in [0.1, 0.15) is 19.8 Å². The summed E-state index contributed by atoms with van der Waals surface area (Å²) in [6.45, 7) is 3.03. The summed E-state index contributed by atoms with van der Waals surface area (Å²) in [6, 6.07) is -0.0648. The Balaban J connectivity index is 0.000001000. The van der Waals surface area contributed by atoms with E-state index in [0.717, 1.165) is 19.4 Å². The van der Waals surface area contributed by atoms with Gasteiger partial charge in [0.15, 0.2) is 0 Å². The van der Waals surface area contributed by atoms with Crippen molar-refractivity contribution in [3.8, 4) is 0 Å². The summed E-state index contributed by atoms with van der Waals surface area (Å²) in [4.78, 5) is 10.7. The molecule has 0 bridgehead atoms. The monoisotopic (exact) mass is 160 g/mol. The number of carbonyl (C=O) groups is 1. The molecule has 5 N–H and O–H groups in total. The third kappa shape index (κ3) is 2.17. The van der Waals surface area contributed by atoms with Gasteiger partial charge in [-0.15, -0.1) is 0 Å². The Hall–Kier alpha value is -0.610. The first kappa shape index (κ1) is 10.4. The van der Waals surface area contributed by atoms with E-state index in [2.05, 4.69) is 12.2 Å². The molecule has 1 aliphatic rings. The fraction of sp³-hybridized carbons (Fsp3) is 0.857. The average molecular weight is 160 g/mol. The van der Waals surface area contributed by atoms with E-state index in [1.54, 1.807) is 0 Å². The van der Waals surface area contributed by atoms with Crippen molar-refractivity contribution in [2.45, 2.75) is 25.8 Å². The Bertz CT molecular complexity index is 138. The molecule has 1 amide bonds. The maximum Gasteiger partial charge on any atom is 0.234 e. The van der Waals surface area contributed by atoms with Gasteiger partial charge in [-0.05, 0) is 18.9 Å². The van der Waals surface area contributed by atoms with Gasteiger partial charge in [0.05, 0.1) is 6.04 Å². The van der Waals surface area contributed by atoms with Gasteiger partial charge in [0.2, 0.25) is 5.91 Å². The maximum absolute atomic E-state index is 10.7. The number of nitrogens with one attached hydrogen (secondary N) is 1. The molecule has 1 fully saturated rings. The van der Waals surface area contributed by atoms with Gasteiger partial charge in [0.1, 0.15) is 0 Å². The number of rotatable bonds is 2. The van der Waals surface area contributed by atoms with Crippen LogP contribution in [-0.4, -0.2) is 24.0 Å². The Morgan fingerprint density at radius 2 is 2.36 bits per heavy atom. The smallest absolute Gasteiger partial charge is 0.234 e. The van der Waals surface area contributed by atoms with Crippen molar-refractivity contribution in [1.29, 1.82) is 0 Å². The highest BCUT2D eigenvalue weighted by Gasteiger charge is 2.29. The van der Waals surface area contributed by atoms with Crippen LogP contribution in [0.25, 0.3) is 0 Å². The summed E-state index contributed by atoms with van der Waals surface area (Å²) < 4.78 is 0. The van der Waals surface area contributed by atoms with Gasteiger partial charge in [-0.1, -0.05) is 13.3 Å². The molecule has 1 heterocycles. The second kappa shape index (κ2) is 4.31. The van der Waals surface area contributed by atoms with Crippen molar-refractivity contribution in [2.24, 2.45) is 11.7 Å². The summed E-state index contributed by atoms with van der Waals surface area (Å²) in [7, 11) is 0. The number of hydrogen-bond donors (Lipinski definition) is 2. The minimum atomic E-state index is -0.204. The number of primary amides is 1. The van der Waals surface area contributed by atoms with E-state index in [1.807, 2.05) is 0 Å². The molecule has 1 rings (SSSR count). The number of hydrogen-bond acceptors (Lipinski definition) is 2. The Morgan fingerprint density at radius 1 is 1.73 bits per heavy atom. The van der Waals surface area contributed by atoms with Crippen LogP contribution in [0.3, 0.4) is 0 Å². The zero-order valence-electron chi connectivity index (χ0n) is 6.76. The van der Waals surface area contributed by atoms with Crippen LogP contribution in [0.2, 0.25) is 0 Å². The van der Waals surface area contributed by atoms with Crippen molar-refractivity contribution in [3.63, 3.8) is 0 Å². The van der Waals surface area contributed by atoms with Gasteiger partial charge in [-0.3, -0.25) is 4.79 Å². The minimum absolute atomic E-state index is 0. The number of carbonyl (C=O) groups excluding carboxylic acids is 1. The first-order valence-corrected chi connectivity index (χ1v) is 3.78. The van der Waals surface area contributed by atoms with Crippen LogP contribution in [0.5, 0.6) is 0 Å². The van der Waals surface area contributed by atoms with E-state index in [0.29, 0.717) is 5.92 Å². The Labute approximate surface area is 66.5 Å². The second-order valence-electron chi connectivity index (χ2n) is 2.79. The largest absolute Gasteiger partial charge is 0.412 e. The van der Waals surface area contributed by atoms with Crippen LogP contribution in [0, 0.1) is 5.92 Å². The molecule has 0 spiro atoms. The quantitative estimate of drug-likeness (QED) is 0.544. The molecule has 0 saturated carbocycles. The molecule has 0 unspecified atom stereocenters. The van der Waals surface area contributed by atoms with Crippen LogP contribution >= 0.6 is 0 Å². The van der Waals surface area contributed by atoms with E-state index in [-0.39, 0.29) is 17.4 Å². The molecule has 66 valence electrons. The molecule has 4 heteroatoms. The first-order valence-electron chi connectivity index (χ1n) is 3.78. The molecule has 11 heavy (non-hydrogen) atoms. The van der Waals surface area contributed by atoms with Gasteiger partial charge in [0.25, 0.3) is 0 Å². The fourth-order valence-corrected chi connectivity index (χ4v) is 1.53. The van der Waals surface area contributed by atoms with E-state index >= 15 is 0 Å². The van der Waals surface area contributed by atoms with Gasteiger partial charge in [-0.25, -0.2) is 0 Å². The predicted octanol–water partition coefficient (Wildman–Crippen LogP) is -0.965. The lowest BCUT2D eigenvalue weighted by Crippen LogP contribution is -2.40. The molecule has 0 aromatic carbocycles. The van der Waals surface area contributed by atoms with Crippen molar-refractivity contribution in [2.75, 3.05) is 6.54 Å². The highest BCUT2D eigenvalue weighted by molar-refractivity contribution is 5.80.